The first-order chi connectivity index (χ1) is 12.0. The van der Waals surface area contributed by atoms with Gasteiger partial charge in [0.15, 0.2) is 0 Å². The van der Waals surface area contributed by atoms with Gasteiger partial charge in [0, 0.05) is 17.1 Å². The average Bonchev–Trinajstić information content (AvgIpc) is 2.54. The zero-order chi connectivity index (χ0) is 17.8. The van der Waals surface area contributed by atoms with Crippen LogP contribution in [0.2, 0.25) is 0 Å². The van der Waals surface area contributed by atoms with Gasteiger partial charge in [-0.2, -0.15) is 0 Å². The number of nitrogens with zero attached hydrogens (tertiary/aromatic N) is 2. The molecule has 0 atom stereocenters. The van der Waals surface area contributed by atoms with E-state index < -0.39 is 0 Å². The molecule has 5 nitrogen and oxygen atoms in total. The van der Waals surface area contributed by atoms with Gasteiger partial charge in [0.25, 0.3) is 5.91 Å². The molecule has 0 spiro atoms. The summed E-state index contributed by atoms with van der Waals surface area (Å²) in [5, 5.41) is 6.02. The van der Waals surface area contributed by atoms with E-state index in [0.29, 0.717) is 11.6 Å². The number of amides is 1. The zero-order valence-electron chi connectivity index (χ0n) is 14.5. The zero-order valence-corrected chi connectivity index (χ0v) is 14.5. The minimum atomic E-state index is -0.258. The Morgan fingerprint density at radius 2 is 1.52 bits per heavy atom. The summed E-state index contributed by atoms with van der Waals surface area (Å²) in [6.45, 7) is 5.84. The Labute approximate surface area is 147 Å². The molecule has 0 aliphatic heterocycles. The Bertz CT molecular complexity index is 887. The van der Waals surface area contributed by atoms with Crippen LogP contribution in [0.4, 0.5) is 17.3 Å². The molecule has 1 amide bonds. The summed E-state index contributed by atoms with van der Waals surface area (Å²) in [5.41, 5.74) is 4.87. The van der Waals surface area contributed by atoms with Gasteiger partial charge in [-0.25, -0.2) is 9.97 Å². The minimum Gasteiger partial charge on any atom is -0.324 e. The third-order valence-electron chi connectivity index (χ3n) is 3.60. The van der Waals surface area contributed by atoms with Gasteiger partial charge in [-0.15, -0.1) is 0 Å². The molecule has 3 rings (SSSR count). The highest BCUT2D eigenvalue weighted by atomic mass is 16.1. The molecular weight excluding hydrogens is 312 g/mol. The van der Waals surface area contributed by atoms with Crippen LogP contribution >= 0.6 is 0 Å². The summed E-state index contributed by atoms with van der Waals surface area (Å²) in [6.07, 6.45) is 0. The lowest BCUT2D eigenvalue weighted by atomic mass is 10.1. The van der Waals surface area contributed by atoms with E-state index in [1.54, 1.807) is 6.07 Å². The van der Waals surface area contributed by atoms with Crippen molar-refractivity contribution in [2.75, 3.05) is 10.6 Å². The van der Waals surface area contributed by atoms with Crippen LogP contribution in [0.25, 0.3) is 0 Å². The molecule has 0 aliphatic rings. The first-order valence-corrected chi connectivity index (χ1v) is 8.07. The van der Waals surface area contributed by atoms with E-state index >= 15 is 0 Å². The van der Waals surface area contributed by atoms with Crippen LogP contribution in [-0.4, -0.2) is 15.9 Å². The molecule has 0 unspecified atom stereocenters. The molecule has 0 fully saturated rings. The van der Waals surface area contributed by atoms with Crippen LogP contribution in [0.1, 0.15) is 27.3 Å². The van der Waals surface area contributed by atoms with Crippen molar-refractivity contribution >= 4 is 23.2 Å². The number of hydrogen-bond acceptors (Lipinski definition) is 4. The summed E-state index contributed by atoms with van der Waals surface area (Å²) in [7, 11) is 0. The second kappa shape index (κ2) is 7.13. The molecule has 5 heteroatoms. The molecule has 1 aromatic heterocycles. The van der Waals surface area contributed by atoms with Crippen molar-refractivity contribution in [2.45, 2.75) is 20.8 Å². The summed E-state index contributed by atoms with van der Waals surface area (Å²) in [4.78, 5) is 21.2. The average molecular weight is 332 g/mol. The topological polar surface area (TPSA) is 66.9 Å². The predicted octanol–water partition coefficient (Wildman–Crippen LogP) is 4.40. The van der Waals surface area contributed by atoms with Crippen molar-refractivity contribution in [3.05, 3.63) is 77.1 Å². The maximum atomic E-state index is 12.6. The molecule has 0 saturated heterocycles. The fourth-order valence-corrected chi connectivity index (χ4v) is 2.63. The van der Waals surface area contributed by atoms with Crippen molar-refractivity contribution in [1.29, 1.82) is 0 Å². The van der Waals surface area contributed by atoms with Gasteiger partial charge in [-0.3, -0.25) is 4.79 Å². The van der Waals surface area contributed by atoms with E-state index in [0.717, 1.165) is 28.2 Å². The van der Waals surface area contributed by atoms with Crippen molar-refractivity contribution in [3.63, 3.8) is 0 Å². The number of carbonyl (C=O) groups is 1. The van der Waals surface area contributed by atoms with Crippen molar-refractivity contribution in [2.24, 2.45) is 0 Å². The van der Waals surface area contributed by atoms with E-state index in [2.05, 4.69) is 26.7 Å². The van der Waals surface area contributed by atoms with Gasteiger partial charge in [-0.1, -0.05) is 24.3 Å². The highest BCUT2D eigenvalue weighted by molar-refractivity contribution is 6.03. The second-order valence-corrected chi connectivity index (χ2v) is 6.04. The first kappa shape index (κ1) is 16.6. The smallest absolute Gasteiger partial charge is 0.274 e. The maximum absolute atomic E-state index is 12.6. The predicted molar refractivity (Wildman–Crippen MR) is 100 cm³/mol. The Hall–Kier alpha value is -3.21. The van der Waals surface area contributed by atoms with E-state index in [1.807, 2.05) is 63.2 Å². The number of carbonyl (C=O) groups excluding carboxylic acids is 1. The number of para-hydroxylation sites is 1. The molecule has 2 N–H and O–H groups in total. The Morgan fingerprint density at radius 1 is 0.840 bits per heavy atom. The highest BCUT2D eigenvalue weighted by Gasteiger charge is 2.11. The molecule has 2 aromatic carbocycles. The van der Waals surface area contributed by atoms with E-state index in [-0.39, 0.29) is 5.91 Å². The number of aryl methyl sites for hydroxylation is 3. The summed E-state index contributed by atoms with van der Waals surface area (Å²) in [6, 6.07) is 17.2. The molecule has 3 aromatic rings. The molecule has 126 valence electrons. The Kier molecular flexibility index (Phi) is 4.75. The fourth-order valence-electron chi connectivity index (χ4n) is 2.63. The summed E-state index contributed by atoms with van der Waals surface area (Å²) in [5.74, 6) is 0.142. The first-order valence-electron chi connectivity index (χ1n) is 8.07. The minimum absolute atomic E-state index is 0.258. The highest BCUT2D eigenvalue weighted by Crippen LogP contribution is 2.16. The van der Waals surface area contributed by atoms with Crippen molar-refractivity contribution < 1.29 is 4.79 Å². The number of hydrogen-bond donors (Lipinski definition) is 2. The van der Waals surface area contributed by atoms with Gasteiger partial charge in [0.05, 0.1) is 0 Å². The van der Waals surface area contributed by atoms with Crippen LogP contribution in [0.15, 0.2) is 54.6 Å². The standard InChI is InChI=1S/C20H20N4O/c1-13-9-14(2)11-17(10-13)22-19(25)18-12-15(3)21-20(24-18)23-16-7-5-4-6-8-16/h4-12H,1-3H3,(H,22,25)(H,21,23,24). The fraction of sp³-hybridized carbons (Fsp3) is 0.150. The number of nitrogens with one attached hydrogen (secondary N) is 2. The maximum Gasteiger partial charge on any atom is 0.274 e. The lowest BCUT2D eigenvalue weighted by molar-refractivity contribution is 0.102. The third-order valence-corrected chi connectivity index (χ3v) is 3.60. The van der Waals surface area contributed by atoms with Crippen LogP contribution < -0.4 is 10.6 Å². The molecule has 0 radical (unpaired) electrons. The number of rotatable bonds is 4. The lowest BCUT2D eigenvalue weighted by Crippen LogP contribution is -2.15. The monoisotopic (exact) mass is 332 g/mol. The largest absolute Gasteiger partial charge is 0.324 e. The van der Waals surface area contributed by atoms with Gasteiger partial charge in [-0.05, 0) is 62.2 Å². The number of anilines is 3. The molecule has 0 bridgehead atoms. The Morgan fingerprint density at radius 3 is 2.20 bits per heavy atom. The van der Waals surface area contributed by atoms with E-state index in [1.165, 1.54) is 0 Å². The second-order valence-electron chi connectivity index (χ2n) is 6.04. The van der Waals surface area contributed by atoms with Crippen LogP contribution in [0.3, 0.4) is 0 Å². The molecule has 1 heterocycles. The molecular formula is C20H20N4O. The Balaban J connectivity index is 1.82. The van der Waals surface area contributed by atoms with Gasteiger partial charge >= 0.3 is 0 Å². The van der Waals surface area contributed by atoms with E-state index in [4.69, 9.17) is 0 Å². The SMILES string of the molecule is Cc1cc(C)cc(NC(=O)c2cc(C)nc(Nc3ccccc3)n2)c1. The van der Waals surface area contributed by atoms with Crippen molar-refractivity contribution in [1.82, 2.24) is 9.97 Å². The van der Waals surface area contributed by atoms with E-state index in [9.17, 15) is 4.79 Å². The summed E-state index contributed by atoms with van der Waals surface area (Å²) >= 11 is 0. The molecule has 0 aliphatic carbocycles. The van der Waals surface area contributed by atoms with Gasteiger partial charge in [0.2, 0.25) is 5.95 Å². The normalized spacial score (nSPS) is 10.4. The molecule has 25 heavy (non-hydrogen) atoms. The number of aromatic nitrogens is 2. The molecule has 0 saturated carbocycles. The van der Waals surface area contributed by atoms with Crippen molar-refractivity contribution in [3.8, 4) is 0 Å². The number of benzene rings is 2. The van der Waals surface area contributed by atoms with Crippen LogP contribution in [0.5, 0.6) is 0 Å². The third kappa shape index (κ3) is 4.41. The van der Waals surface area contributed by atoms with Gasteiger partial charge < -0.3 is 10.6 Å². The van der Waals surface area contributed by atoms with Crippen LogP contribution in [-0.2, 0) is 0 Å². The van der Waals surface area contributed by atoms with Crippen LogP contribution in [0, 0.1) is 20.8 Å². The lowest BCUT2D eigenvalue weighted by Gasteiger charge is -2.10. The van der Waals surface area contributed by atoms with Gasteiger partial charge in [0.1, 0.15) is 5.69 Å². The quantitative estimate of drug-likeness (QED) is 0.743. The summed E-state index contributed by atoms with van der Waals surface area (Å²) < 4.78 is 0.